The van der Waals surface area contributed by atoms with Crippen LogP contribution in [0.4, 0.5) is 0 Å². The molecule has 0 aliphatic carbocycles. The van der Waals surface area contributed by atoms with Crippen molar-refractivity contribution in [2.45, 2.75) is 52.2 Å². The Balaban J connectivity index is 2.26. The molecule has 1 aliphatic heterocycles. The summed E-state index contributed by atoms with van der Waals surface area (Å²) in [5, 5.41) is 10.1. The maximum absolute atomic E-state index is 12.5. The molecule has 1 aromatic rings. The lowest BCUT2D eigenvalue weighted by Gasteiger charge is -2.33. The highest BCUT2D eigenvalue weighted by atomic mass is 16.4. The highest BCUT2D eigenvalue weighted by molar-refractivity contribution is 5.93. The maximum Gasteiger partial charge on any atom is 0.290 e. The van der Waals surface area contributed by atoms with Crippen molar-refractivity contribution in [3.63, 3.8) is 0 Å². The van der Waals surface area contributed by atoms with Crippen LogP contribution in [0.2, 0.25) is 0 Å². The maximum atomic E-state index is 12.5. The van der Waals surface area contributed by atoms with Gasteiger partial charge in [0.05, 0.1) is 11.6 Å². The average Bonchev–Trinajstić information content (AvgIpc) is 2.82. The largest absolute Gasteiger partial charge is 0.456 e. The molecule has 0 spiro atoms. The van der Waals surface area contributed by atoms with Gasteiger partial charge >= 0.3 is 0 Å². The molecule has 0 radical (unpaired) electrons. The van der Waals surface area contributed by atoms with Gasteiger partial charge in [0, 0.05) is 12.1 Å². The van der Waals surface area contributed by atoms with Crippen LogP contribution in [0.15, 0.2) is 10.5 Å². The van der Waals surface area contributed by atoms with E-state index in [0.29, 0.717) is 12.3 Å². The van der Waals surface area contributed by atoms with Crippen molar-refractivity contribution in [3.8, 4) is 0 Å². The molecule has 1 aromatic heterocycles. The zero-order valence-corrected chi connectivity index (χ0v) is 11.5. The van der Waals surface area contributed by atoms with Gasteiger partial charge < -0.3 is 14.4 Å². The first-order valence-corrected chi connectivity index (χ1v) is 6.41. The Bertz CT molecular complexity index is 456. The van der Waals surface area contributed by atoms with E-state index in [1.807, 2.05) is 19.9 Å². The molecule has 1 unspecified atom stereocenters. The lowest BCUT2D eigenvalue weighted by molar-refractivity contribution is -0.000835. The van der Waals surface area contributed by atoms with Crippen molar-refractivity contribution in [1.82, 2.24) is 4.90 Å². The first kappa shape index (κ1) is 13.1. The molecule has 1 saturated heterocycles. The Hall–Kier alpha value is -1.29. The zero-order chi connectivity index (χ0) is 13.5. The van der Waals surface area contributed by atoms with Gasteiger partial charge in [-0.25, -0.2) is 0 Å². The van der Waals surface area contributed by atoms with Gasteiger partial charge in [-0.15, -0.1) is 0 Å². The van der Waals surface area contributed by atoms with Crippen LogP contribution in [0.1, 0.15) is 48.6 Å². The molecule has 0 bridgehead atoms. The minimum absolute atomic E-state index is 0.106. The predicted molar refractivity (Wildman–Crippen MR) is 68.5 cm³/mol. The van der Waals surface area contributed by atoms with E-state index < -0.39 is 5.60 Å². The van der Waals surface area contributed by atoms with Gasteiger partial charge in [0.25, 0.3) is 5.91 Å². The lowest BCUT2D eigenvalue weighted by atomic mass is 9.96. The fraction of sp³-hybridized carbons (Fsp3) is 0.643. The monoisotopic (exact) mass is 251 g/mol. The summed E-state index contributed by atoms with van der Waals surface area (Å²) < 4.78 is 5.48. The Morgan fingerprint density at radius 3 is 2.67 bits per heavy atom. The first-order valence-electron chi connectivity index (χ1n) is 6.41. The predicted octanol–water partition coefficient (Wildman–Crippen LogP) is 2.27. The molecule has 18 heavy (non-hydrogen) atoms. The van der Waals surface area contributed by atoms with Crippen molar-refractivity contribution < 1.29 is 14.3 Å². The molecule has 100 valence electrons. The Kier molecular flexibility index (Phi) is 3.23. The number of hydrogen-bond acceptors (Lipinski definition) is 3. The highest BCUT2D eigenvalue weighted by Gasteiger charge is 2.39. The van der Waals surface area contributed by atoms with Crippen molar-refractivity contribution in [2.75, 3.05) is 6.54 Å². The summed E-state index contributed by atoms with van der Waals surface area (Å²) >= 11 is 0. The zero-order valence-electron chi connectivity index (χ0n) is 11.5. The molecular formula is C14H21NO3. The lowest BCUT2D eigenvalue weighted by Crippen LogP contribution is -2.48. The Morgan fingerprint density at radius 2 is 2.17 bits per heavy atom. The smallest absolute Gasteiger partial charge is 0.290 e. The number of furan rings is 1. The van der Waals surface area contributed by atoms with Gasteiger partial charge in [0.2, 0.25) is 0 Å². The summed E-state index contributed by atoms with van der Waals surface area (Å²) in [5.74, 6) is 1.05. The minimum atomic E-state index is -0.873. The Morgan fingerprint density at radius 1 is 1.50 bits per heavy atom. The SMILES string of the molecule is Cc1cc(C)c(C(=O)N2CCCC2C(C)(C)O)o1. The molecule has 1 atom stereocenters. The molecule has 2 rings (SSSR count). The third-order valence-corrected chi connectivity index (χ3v) is 3.56. The number of carbonyl (C=O) groups is 1. The fourth-order valence-corrected chi connectivity index (χ4v) is 2.73. The quantitative estimate of drug-likeness (QED) is 0.877. The molecule has 4 nitrogen and oxygen atoms in total. The molecule has 1 amide bonds. The van der Waals surface area contributed by atoms with Crippen LogP contribution in [0.3, 0.4) is 0 Å². The Labute approximate surface area is 108 Å². The number of nitrogens with zero attached hydrogens (tertiary/aromatic N) is 1. The van der Waals surface area contributed by atoms with Crippen LogP contribution < -0.4 is 0 Å². The van der Waals surface area contributed by atoms with Gasteiger partial charge in [0.1, 0.15) is 5.76 Å². The number of hydrogen-bond donors (Lipinski definition) is 1. The van der Waals surface area contributed by atoms with Crippen LogP contribution in [0, 0.1) is 13.8 Å². The third-order valence-electron chi connectivity index (χ3n) is 3.56. The summed E-state index contributed by atoms with van der Waals surface area (Å²) in [7, 11) is 0. The van der Waals surface area contributed by atoms with E-state index in [4.69, 9.17) is 4.42 Å². The molecule has 1 aliphatic rings. The topological polar surface area (TPSA) is 53.7 Å². The number of carbonyl (C=O) groups excluding carboxylic acids is 1. The van der Waals surface area contributed by atoms with Crippen molar-refractivity contribution in [3.05, 3.63) is 23.2 Å². The molecular weight excluding hydrogens is 230 g/mol. The van der Waals surface area contributed by atoms with Gasteiger partial charge in [-0.05, 0) is 46.6 Å². The summed E-state index contributed by atoms with van der Waals surface area (Å²) in [6, 6.07) is 1.73. The van der Waals surface area contributed by atoms with Crippen LogP contribution in [-0.4, -0.2) is 34.1 Å². The number of likely N-dealkylation sites (tertiary alicyclic amines) is 1. The molecule has 4 heteroatoms. The van der Waals surface area contributed by atoms with E-state index in [1.165, 1.54) is 0 Å². The minimum Gasteiger partial charge on any atom is -0.456 e. The molecule has 0 aromatic carbocycles. The van der Waals surface area contributed by atoms with Gasteiger partial charge in [0.15, 0.2) is 5.76 Å². The first-order chi connectivity index (χ1) is 8.30. The van der Waals surface area contributed by atoms with Gasteiger partial charge in [-0.1, -0.05) is 0 Å². The van der Waals surface area contributed by atoms with Gasteiger partial charge in [-0.3, -0.25) is 4.79 Å². The van der Waals surface area contributed by atoms with Gasteiger partial charge in [-0.2, -0.15) is 0 Å². The van der Waals surface area contributed by atoms with E-state index in [-0.39, 0.29) is 11.9 Å². The second-order valence-corrected chi connectivity index (χ2v) is 5.68. The number of rotatable bonds is 2. The summed E-state index contributed by atoms with van der Waals surface area (Å²) in [6.45, 7) is 7.90. The third kappa shape index (κ3) is 2.29. The summed E-state index contributed by atoms with van der Waals surface area (Å²) in [6.07, 6.45) is 1.77. The number of aliphatic hydroxyl groups is 1. The standard InChI is InChI=1S/C14H21NO3/c1-9-8-10(2)18-12(9)13(16)15-7-5-6-11(15)14(3,4)17/h8,11,17H,5-7H2,1-4H3. The average molecular weight is 251 g/mol. The second kappa shape index (κ2) is 4.43. The van der Waals surface area contributed by atoms with E-state index in [1.54, 1.807) is 18.7 Å². The molecule has 1 fully saturated rings. The highest BCUT2D eigenvalue weighted by Crippen LogP contribution is 2.29. The normalized spacial score (nSPS) is 20.5. The fourth-order valence-electron chi connectivity index (χ4n) is 2.73. The van der Waals surface area contributed by atoms with Crippen LogP contribution in [0.5, 0.6) is 0 Å². The summed E-state index contributed by atoms with van der Waals surface area (Å²) in [5.41, 5.74) is -0.0132. The molecule has 2 heterocycles. The van der Waals surface area contributed by atoms with E-state index in [2.05, 4.69) is 0 Å². The summed E-state index contributed by atoms with van der Waals surface area (Å²) in [4.78, 5) is 14.2. The molecule has 1 N–H and O–H groups in total. The number of amides is 1. The van der Waals surface area contributed by atoms with Crippen molar-refractivity contribution >= 4 is 5.91 Å². The van der Waals surface area contributed by atoms with Crippen molar-refractivity contribution in [1.29, 1.82) is 0 Å². The second-order valence-electron chi connectivity index (χ2n) is 5.68. The molecule has 0 saturated carbocycles. The van der Waals surface area contributed by atoms with Crippen LogP contribution in [-0.2, 0) is 0 Å². The van der Waals surface area contributed by atoms with Crippen molar-refractivity contribution in [2.24, 2.45) is 0 Å². The number of aryl methyl sites for hydroxylation is 2. The van der Waals surface area contributed by atoms with E-state index in [0.717, 1.165) is 24.2 Å². The van der Waals surface area contributed by atoms with Crippen LogP contribution in [0.25, 0.3) is 0 Å². The van der Waals surface area contributed by atoms with E-state index >= 15 is 0 Å². The van der Waals surface area contributed by atoms with Crippen LogP contribution >= 0.6 is 0 Å². The van der Waals surface area contributed by atoms with E-state index in [9.17, 15) is 9.90 Å².